The van der Waals surface area contributed by atoms with Gasteiger partial charge < -0.3 is 14.8 Å². The van der Waals surface area contributed by atoms with Crippen molar-refractivity contribution in [3.63, 3.8) is 0 Å². The number of nitrogens with zero attached hydrogens (tertiary/aromatic N) is 2. The molecule has 2 aromatic heterocycles. The molecule has 1 atom stereocenters. The van der Waals surface area contributed by atoms with Gasteiger partial charge in [-0.15, -0.1) is 23.1 Å². The van der Waals surface area contributed by atoms with Gasteiger partial charge in [-0.25, -0.2) is 4.79 Å². The fourth-order valence-corrected chi connectivity index (χ4v) is 6.67. The summed E-state index contributed by atoms with van der Waals surface area (Å²) < 4.78 is 2.34. The minimum atomic E-state index is -0.0172. The first-order valence-corrected chi connectivity index (χ1v) is 12.8. The molecule has 5 rings (SSSR count). The molecule has 1 N–H and O–H groups in total. The van der Waals surface area contributed by atoms with Crippen molar-refractivity contribution in [2.45, 2.75) is 56.5 Å². The van der Waals surface area contributed by atoms with Crippen molar-refractivity contribution in [3.05, 3.63) is 64.3 Å². The number of rotatable bonds is 3. The van der Waals surface area contributed by atoms with E-state index in [1.165, 1.54) is 46.0 Å². The average molecular weight is 438 g/mol. The number of urea groups is 1. The van der Waals surface area contributed by atoms with E-state index >= 15 is 0 Å². The number of hydrogen-bond donors (Lipinski definition) is 1. The predicted octanol–water partition coefficient (Wildman–Crippen LogP) is 6.64. The van der Waals surface area contributed by atoms with E-state index in [1.807, 2.05) is 34.4 Å². The highest BCUT2D eigenvalue weighted by molar-refractivity contribution is 7.98. The second-order valence-electron chi connectivity index (χ2n) is 8.01. The number of thioether (sulfide) groups is 1. The maximum Gasteiger partial charge on any atom is 0.322 e. The number of carbonyl (C=O) groups excluding carboxylic acids is 1. The van der Waals surface area contributed by atoms with Gasteiger partial charge in [0.2, 0.25) is 0 Å². The standard InChI is InChI=1S/C24H27N3OS2/c1-3-20-21-11-7-13-26(21)23-19(18-10-4-5-12-22(18)30-23)15-27(20)24(28)25-16-8-6-9-17(14-16)29-2/h6-9,11,13-14,20H,3-5,10,12,15H2,1-2H3,(H,25,28). The van der Waals surface area contributed by atoms with Crippen LogP contribution in [0.3, 0.4) is 0 Å². The van der Waals surface area contributed by atoms with Crippen molar-refractivity contribution in [1.82, 2.24) is 9.47 Å². The molecule has 0 saturated heterocycles. The van der Waals surface area contributed by atoms with Crippen LogP contribution in [0.2, 0.25) is 0 Å². The van der Waals surface area contributed by atoms with Crippen molar-refractivity contribution in [2.75, 3.05) is 11.6 Å². The molecule has 3 heterocycles. The summed E-state index contributed by atoms with van der Waals surface area (Å²) >= 11 is 3.62. The van der Waals surface area contributed by atoms with Gasteiger partial charge in [-0.05, 0) is 74.3 Å². The van der Waals surface area contributed by atoms with E-state index in [4.69, 9.17) is 0 Å². The van der Waals surface area contributed by atoms with Gasteiger partial charge in [0.1, 0.15) is 5.00 Å². The fourth-order valence-electron chi connectivity index (χ4n) is 4.80. The van der Waals surface area contributed by atoms with Crippen molar-refractivity contribution >= 4 is 34.8 Å². The zero-order valence-corrected chi connectivity index (χ0v) is 19.1. The van der Waals surface area contributed by atoms with E-state index < -0.39 is 0 Å². The van der Waals surface area contributed by atoms with E-state index in [0.717, 1.165) is 23.4 Å². The van der Waals surface area contributed by atoms with Gasteiger partial charge in [-0.3, -0.25) is 0 Å². The minimum Gasteiger partial charge on any atom is -0.312 e. The molecule has 0 fully saturated rings. The average Bonchev–Trinajstić information content (AvgIpc) is 3.36. The second kappa shape index (κ2) is 8.16. The highest BCUT2D eigenvalue weighted by Crippen LogP contribution is 2.43. The van der Waals surface area contributed by atoms with Gasteiger partial charge >= 0.3 is 6.03 Å². The van der Waals surface area contributed by atoms with Crippen LogP contribution < -0.4 is 5.32 Å². The summed E-state index contributed by atoms with van der Waals surface area (Å²) in [5.41, 5.74) is 4.92. The molecule has 3 aromatic rings. The summed E-state index contributed by atoms with van der Waals surface area (Å²) in [4.78, 5) is 18.2. The first kappa shape index (κ1) is 19.8. The number of anilines is 1. The molecule has 2 amide bonds. The molecular weight excluding hydrogens is 410 g/mol. The Labute approximate surface area is 186 Å². The maximum absolute atomic E-state index is 13.5. The van der Waals surface area contributed by atoms with Crippen LogP contribution >= 0.6 is 23.1 Å². The smallest absolute Gasteiger partial charge is 0.312 e. The topological polar surface area (TPSA) is 37.3 Å². The molecule has 0 radical (unpaired) electrons. The third-order valence-electron chi connectivity index (χ3n) is 6.27. The first-order valence-electron chi connectivity index (χ1n) is 10.7. The highest BCUT2D eigenvalue weighted by atomic mass is 32.2. The molecule has 6 heteroatoms. The number of fused-ring (bicyclic) bond motifs is 5. The Kier molecular flexibility index (Phi) is 5.37. The first-order chi connectivity index (χ1) is 14.7. The van der Waals surface area contributed by atoms with Gasteiger partial charge in [-0.1, -0.05) is 13.0 Å². The Morgan fingerprint density at radius 3 is 2.90 bits per heavy atom. The molecule has 0 bridgehead atoms. The van der Waals surface area contributed by atoms with Crippen LogP contribution in [0.5, 0.6) is 0 Å². The van der Waals surface area contributed by atoms with Gasteiger partial charge in [0, 0.05) is 32.9 Å². The lowest BCUT2D eigenvalue weighted by atomic mass is 9.95. The number of nitrogens with one attached hydrogen (secondary N) is 1. The highest BCUT2D eigenvalue weighted by Gasteiger charge is 2.34. The molecule has 4 nitrogen and oxygen atoms in total. The Morgan fingerprint density at radius 2 is 2.07 bits per heavy atom. The van der Waals surface area contributed by atoms with E-state index in [9.17, 15) is 4.79 Å². The van der Waals surface area contributed by atoms with Gasteiger partial charge in [0.15, 0.2) is 0 Å². The minimum absolute atomic E-state index is 0.0172. The van der Waals surface area contributed by atoms with Crippen LogP contribution in [0, 0.1) is 0 Å². The third-order valence-corrected chi connectivity index (χ3v) is 8.33. The van der Waals surface area contributed by atoms with Crippen LogP contribution in [0.15, 0.2) is 47.5 Å². The number of aryl methyl sites for hydroxylation is 1. The van der Waals surface area contributed by atoms with Crippen molar-refractivity contribution < 1.29 is 4.79 Å². The predicted molar refractivity (Wildman–Crippen MR) is 126 cm³/mol. The lowest BCUT2D eigenvalue weighted by Crippen LogP contribution is -2.37. The number of benzene rings is 1. The Morgan fingerprint density at radius 1 is 1.20 bits per heavy atom. The number of carbonyl (C=O) groups is 1. The number of aromatic nitrogens is 1. The molecule has 0 spiro atoms. The molecule has 156 valence electrons. The number of thiophene rings is 1. The fraction of sp³-hybridized carbons (Fsp3) is 0.375. The van der Waals surface area contributed by atoms with Gasteiger partial charge in [0.25, 0.3) is 0 Å². The molecule has 1 aliphatic heterocycles. The van der Waals surface area contributed by atoms with E-state index in [2.05, 4.69) is 47.5 Å². The summed E-state index contributed by atoms with van der Waals surface area (Å²) in [7, 11) is 0. The summed E-state index contributed by atoms with van der Waals surface area (Å²) in [6.45, 7) is 2.85. The third kappa shape index (κ3) is 3.36. The molecule has 1 aromatic carbocycles. The van der Waals surface area contributed by atoms with Crippen molar-refractivity contribution in [2.24, 2.45) is 0 Å². The van der Waals surface area contributed by atoms with E-state index in [0.29, 0.717) is 6.54 Å². The maximum atomic E-state index is 13.5. The Hall–Kier alpha value is -2.18. The van der Waals surface area contributed by atoms with Gasteiger partial charge in [-0.2, -0.15) is 0 Å². The van der Waals surface area contributed by atoms with Crippen LogP contribution in [0.25, 0.3) is 5.00 Å². The Balaban J connectivity index is 1.55. The molecule has 2 aliphatic rings. The summed E-state index contributed by atoms with van der Waals surface area (Å²) in [5, 5.41) is 4.49. The Bertz CT molecular complexity index is 1080. The van der Waals surface area contributed by atoms with Crippen LogP contribution in [-0.4, -0.2) is 21.8 Å². The number of hydrogen-bond acceptors (Lipinski definition) is 3. The van der Waals surface area contributed by atoms with Crippen molar-refractivity contribution in [3.8, 4) is 5.00 Å². The summed E-state index contributed by atoms with van der Waals surface area (Å²) in [6, 6.07) is 12.4. The quantitative estimate of drug-likeness (QED) is 0.466. The second-order valence-corrected chi connectivity index (χ2v) is 9.97. The summed E-state index contributed by atoms with van der Waals surface area (Å²) in [6.07, 6.45) is 9.95. The van der Waals surface area contributed by atoms with Crippen LogP contribution in [-0.2, 0) is 19.4 Å². The van der Waals surface area contributed by atoms with Crippen LogP contribution in [0.1, 0.15) is 53.9 Å². The normalized spacial score (nSPS) is 17.7. The monoisotopic (exact) mass is 437 g/mol. The molecular formula is C24H27N3OS2. The van der Waals surface area contributed by atoms with E-state index in [1.54, 1.807) is 11.8 Å². The lowest BCUT2D eigenvalue weighted by Gasteiger charge is -2.30. The summed E-state index contributed by atoms with van der Waals surface area (Å²) in [5.74, 6) is 0. The van der Waals surface area contributed by atoms with Crippen LogP contribution in [0.4, 0.5) is 10.5 Å². The SMILES string of the molecule is CCC1c2cccn2-c2sc3c(c2CN1C(=O)Nc1cccc(SC)c1)CCCC3. The molecule has 30 heavy (non-hydrogen) atoms. The van der Waals surface area contributed by atoms with E-state index in [-0.39, 0.29) is 12.1 Å². The molecule has 1 aliphatic carbocycles. The number of amides is 2. The zero-order chi connectivity index (χ0) is 20.7. The zero-order valence-electron chi connectivity index (χ0n) is 17.5. The molecule has 1 unspecified atom stereocenters. The van der Waals surface area contributed by atoms with Crippen molar-refractivity contribution in [1.29, 1.82) is 0 Å². The van der Waals surface area contributed by atoms with Gasteiger partial charge in [0.05, 0.1) is 12.6 Å². The lowest BCUT2D eigenvalue weighted by molar-refractivity contribution is 0.181. The molecule has 0 saturated carbocycles. The largest absolute Gasteiger partial charge is 0.322 e.